The molecule has 0 bridgehead atoms. The van der Waals surface area contributed by atoms with Crippen molar-refractivity contribution in [2.75, 3.05) is 30.9 Å². The number of hydrogen-bond donors (Lipinski definition) is 3. The Kier molecular flexibility index (Phi) is 6.88. The van der Waals surface area contributed by atoms with Crippen LogP contribution in [0.2, 0.25) is 0 Å². The first kappa shape index (κ1) is 29.5. The summed E-state index contributed by atoms with van der Waals surface area (Å²) in [6.07, 6.45) is 9.63. The molecule has 0 radical (unpaired) electrons. The Labute approximate surface area is 257 Å². The lowest BCUT2D eigenvalue weighted by Gasteiger charge is -2.51. The molecule has 228 valence electrons. The fraction of sp³-hybridized carbons (Fsp3) is 0.500. The number of allylic oxidation sites excluding steroid dienone is 2. The summed E-state index contributed by atoms with van der Waals surface area (Å²) in [4.78, 5) is 47.1. The quantitative estimate of drug-likeness (QED) is 0.241. The first-order chi connectivity index (χ1) is 20.3. The number of carbonyl (C=O) groups is 3. The smallest absolute Gasteiger partial charge is 0.233 e. The van der Waals surface area contributed by atoms with Crippen LogP contribution in [-0.4, -0.2) is 64.0 Å². The molecule has 2 unspecified atom stereocenters. The van der Waals surface area contributed by atoms with Crippen LogP contribution >= 0.6 is 11.6 Å². The molecule has 0 spiro atoms. The number of likely N-dealkylation sites (N-methyl/N-ethyl adjacent to an activating group) is 1. The number of amides is 1. The second kappa shape index (κ2) is 10.0. The summed E-state index contributed by atoms with van der Waals surface area (Å²) >= 11 is 6.26. The van der Waals surface area contributed by atoms with E-state index in [0.29, 0.717) is 30.8 Å². The average molecular weight is 605 g/mol. The van der Waals surface area contributed by atoms with Gasteiger partial charge in [-0.25, -0.2) is 0 Å². The number of nitrogens with one attached hydrogen (secondary N) is 2. The van der Waals surface area contributed by atoms with Crippen LogP contribution in [0.3, 0.4) is 0 Å². The third kappa shape index (κ3) is 4.20. The monoisotopic (exact) mass is 604 g/mol. The standard InChI is InChI=1S/C21H25ClN2O3.C13H16N2O/c1-4-21(11-25)9-20(3,10-21)19(27)24-8-13(6-22)17-14(24)5-15(26)18-16(17)12(2)7-23-18;1-8-7-14-12-9(16)6-10-13(2,11(8)12)4-5-15(10)3/h5,7,11,13,23,26H,4,6,8-10H2,1-3H3;6-7,14H,4-5H2,1-3H3. The number of aromatic hydroxyl groups is 1. The molecule has 8 nitrogen and oxygen atoms in total. The van der Waals surface area contributed by atoms with Crippen molar-refractivity contribution in [1.82, 2.24) is 14.9 Å². The zero-order valence-electron chi connectivity index (χ0n) is 25.9. The number of rotatable bonds is 4. The van der Waals surface area contributed by atoms with Crippen LogP contribution in [0.25, 0.3) is 10.9 Å². The highest BCUT2D eigenvalue weighted by atomic mass is 35.5. The van der Waals surface area contributed by atoms with Crippen LogP contribution in [0.5, 0.6) is 5.75 Å². The van der Waals surface area contributed by atoms with Crippen molar-refractivity contribution in [1.29, 1.82) is 0 Å². The molecule has 2 atom stereocenters. The van der Waals surface area contributed by atoms with Gasteiger partial charge in [0.1, 0.15) is 12.0 Å². The van der Waals surface area contributed by atoms with Crippen LogP contribution in [0, 0.1) is 24.7 Å². The van der Waals surface area contributed by atoms with Crippen molar-refractivity contribution in [2.45, 2.75) is 71.6 Å². The number of halogens is 1. The van der Waals surface area contributed by atoms with Gasteiger partial charge in [0, 0.05) is 83.8 Å². The Hall–Kier alpha value is -3.52. The molecule has 2 aromatic heterocycles. The Morgan fingerprint density at radius 1 is 1.19 bits per heavy atom. The van der Waals surface area contributed by atoms with Crippen molar-refractivity contribution >= 4 is 46.2 Å². The first-order valence-electron chi connectivity index (χ1n) is 15.2. The van der Waals surface area contributed by atoms with E-state index < -0.39 is 5.41 Å². The van der Waals surface area contributed by atoms with Gasteiger partial charge in [-0.15, -0.1) is 11.6 Å². The van der Waals surface area contributed by atoms with Crippen LogP contribution in [0.4, 0.5) is 5.69 Å². The molecular formula is C34H41ClN4O4. The summed E-state index contributed by atoms with van der Waals surface area (Å²) in [7, 11) is 2.07. The maximum atomic E-state index is 13.4. The van der Waals surface area contributed by atoms with Gasteiger partial charge in [-0.2, -0.15) is 0 Å². The number of fused-ring (bicyclic) bond motifs is 6. The number of aromatic amines is 2. The van der Waals surface area contributed by atoms with E-state index in [1.807, 2.05) is 33.2 Å². The Balaban J connectivity index is 0.000000174. The molecule has 1 aromatic carbocycles. The Bertz CT molecular complexity index is 1690. The second-order valence-electron chi connectivity index (χ2n) is 13.7. The van der Waals surface area contributed by atoms with Gasteiger partial charge >= 0.3 is 0 Å². The van der Waals surface area contributed by atoms with Crippen LogP contribution in [0.1, 0.15) is 85.1 Å². The number of phenolic OH excluding ortho intramolecular Hbond substituents is 1. The number of likely N-dealkylation sites (tertiary alicyclic amines) is 1. The number of phenols is 1. The second-order valence-corrected chi connectivity index (χ2v) is 14.0. The van der Waals surface area contributed by atoms with Crippen LogP contribution in [0.15, 0.2) is 30.2 Å². The first-order valence-corrected chi connectivity index (χ1v) is 15.7. The summed E-state index contributed by atoms with van der Waals surface area (Å²) in [6, 6.07) is 1.67. The summed E-state index contributed by atoms with van der Waals surface area (Å²) in [5.41, 5.74) is 6.98. The van der Waals surface area contributed by atoms with E-state index in [4.69, 9.17) is 11.6 Å². The number of benzene rings is 1. The number of carbonyl (C=O) groups excluding carboxylic acids is 3. The minimum Gasteiger partial charge on any atom is -0.506 e. The molecule has 1 saturated carbocycles. The third-order valence-corrected chi connectivity index (χ3v) is 11.1. The third-order valence-electron chi connectivity index (χ3n) is 10.7. The number of aromatic nitrogens is 2. The number of hydrogen-bond acceptors (Lipinski definition) is 5. The summed E-state index contributed by atoms with van der Waals surface area (Å²) < 4.78 is 0. The zero-order valence-corrected chi connectivity index (χ0v) is 26.6. The molecule has 2 fully saturated rings. The van der Waals surface area contributed by atoms with Crippen molar-refractivity contribution in [3.8, 4) is 5.75 Å². The molecule has 1 amide bonds. The summed E-state index contributed by atoms with van der Waals surface area (Å²) in [5, 5.41) is 11.5. The Morgan fingerprint density at radius 2 is 1.88 bits per heavy atom. The highest BCUT2D eigenvalue weighted by Crippen LogP contribution is 2.57. The van der Waals surface area contributed by atoms with E-state index in [2.05, 4.69) is 35.8 Å². The number of H-pyrrole nitrogens is 2. The molecule has 4 aliphatic rings. The maximum absolute atomic E-state index is 13.4. The van der Waals surface area contributed by atoms with Crippen molar-refractivity contribution < 1.29 is 19.5 Å². The predicted octanol–water partition coefficient (Wildman–Crippen LogP) is 6.24. The fourth-order valence-electron chi connectivity index (χ4n) is 8.45. The molecule has 4 heterocycles. The number of alkyl halides is 1. The topological polar surface area (TPSA) is 110 Å². The molecule has 7 rings (SSSR count). The van der Waals surface area contributed by atoms with Gasteiger partial charge in [0.2, 0.25) is 11.7 Å². The molecule has 3 aromatic rings. The minimum atomic E-state index is -0.548. The van der Waals surface area contributed by atoms with E-state index in [9.17, 15) is 19.5 Å². The molecule has 9 heteroatoms. The SMILES string of the molecule is CCC1(C=O)CC(C)(C(=O)N2CC(CCl)c3c2cc(O)c2[nH]cc(C)c32)C1.Cc1c[nH]c2c1C1(C)CCN(C)C1=CC2=O. The lowest BCUT2D eigenvalue weighted by atomic mass is 9.52. The van der Waals surface area contributed by atoms with E-state index in [1.54, 1.807) is 17.0 Å². The van der Waals surface area contributed by atoms with Gasteiger partial charge in [-0.3, -0.25) is 9.59 Å². The molecular weight excluding hydrogens is 564 g/mol. The van der Waals surface area contributed by atoms with Gasteiger partial charge in [0.15, 0.2) is 0 Å². The minimum absolute atomic E-state index is 0.0221. The van der Waals surface area contributed by atoms with Crippen molar-refractivity contribution in [3.63, 3.8) is 0 Å². The maximum Gasteiger partial charge on any atom is 0.233 e. The molecule has 43 heavy (non-hydrogen) atoms. The van der Waals surface area contributed by atoms with Crippen LogP contribution < -0.4 is 4.90 Å². The van der Waals surface area contributed by atoms with Crippen molar-refractivity contribution in [3.05, 3.63) is 58.2 Å². The van der Waals surface area contributed by atoms with E-state index in [1.165, 1.54) is 16.8 Å². The largest absolute Gasteiger partial charge is 0.506 e. The average Bonchev–Trinajstić information content (AvgIpc) is 3.72. The Morgan fingerprint density at radius 3 is 2.53 bits per heavy atom. The fourth-order valence-corrected chi connectivity index (χ4v) is 8.70. The number of aryl methyl sites for hydroxylation is 2. The molecule has 2 aliphatic heterocycles. The van der Waals surface area contributed by atoms with Gasteiger partial charge in [0.05, 0.1) is 16.9 Å². The summed E-state index contributed by atoms with van der Waals surface area (Å²) in [6.45, 7) is 11.8. The highest BCUT2D eigenvalue weighted by molar-refractivity contribution is 6.19. The summed E-state index contributed by atoms with van der Waals surface area (Å²) in [5.74, 6) is 0.706. The normalized spacial score (nSPS) is 29.0. The van der Waals surface area contributed by atoms with Gasteiger partial charge < -0.3 is 29.7 Å². The van der Waals surface area contributed by atoms with Crippen LogP contribution in [-0.2, 0) is 15.0 Å². The molecule has 3 N–H and O–H groups in total. The van der Waals surface area contributed by atoms with E-state index >= 15 is 0 Å². The molecule has 1 saturated heterocycles. The van der Waals surface area contributed by atoms with E-state index in [0.717, 1.165) is 53.6 Å². The van der Waals surface area contributed by atoms with Gasteiger partial charge in [-0.05, 0) is 68.7 Å². The predicted molar refractivity (Wildman–Crippen MR) is 169 cm³/mol. The zero-order chi connectivity index (χ0) is 31.1. The van der Waals surface area contributed by atoms with E-state index in [-0.39, 0.29) is 34.2 Å². The number of ketones is 1. The van der Waals surface area contributed by atoms with Gasteiger partial charge in [0.25, 0.3) is 0 Å². The molecule has 2 aliphatic carbocycles. The van der Waals surface area contributed by atoms with Crippen molar-refractivity contribution in [2.24, 2.45) is 10.8 Å². The lowest BCUT2D eigenvalue weighted by molar-refractivity contribution is -0.147. The number of aldehydes is 1. The van der Waals surface area contributed by atoms with Gasteiger partial charge in [-0.1, -0.05) is 13.8 Å². The highest BCUT2D eigenvalue weighted by Gasteiger charge is 2.57. The lowest BCUT2D eigenvalue weighted by Crippen LogP contribution is -2.55. The number of anilines is 1. The number of nitrogens with zero attached hydrogens (tertiary/aromatic N) is 2.